The van der Waals surface area contributed by atoms with Gasteiger partial charge < -0.3 is 5.32 Å². The van der Waals surface area contributed by atoms with Gasteiger partial charge in [0.2, 0.25) is 15.9 Å². The van der Waals surface area contributed by atoms with Gasteiger partial charge in [-0.2, -0.15) is 4.31 Å². The highest BCUT2D eigenvalue weighted by Gasteiger charge is 2.33. The molecular formula is C17H28N2O3S2. The summed E-state index contributed by atoms with van der Waals surface area (Å²) < 4.78 is 27.1. The van der Waals surface area contributed by atoms with Crippen molar-refractivity contribution in [2.24, 2.45) is 5.92 Å². The first-order valence-electron chi connectivity index (χ1n) is 8.71. The fourth-order valence-electron chi connectivity index (χ4n) is 3.09. The van der Waals surface area contributed by atoms with Crippen LogP contribution in [0.15, 0.2) is 11.0 Å². The minimum Gasteiger partial charge on any atom is -0.356 e. The summed E-state index contributed by atoms with van der Waals surface area (Å²) in [6, 6.07) is 1.75. The lowest BCUT2D eigenvalue weighted by Gasteiger charge is -2.30. The number of hydrogen-bond acceptors (Lipinski definition) is 4. The third-order valence-corrected chi connectivity index (χ3v) is 7.64. The molecule has 1 aliphatic heterocycles. The van der Waals surface area contributed by atoms with Crippen molar-refractivity contribution >= 4 is 27.3 Å². The molecule has 136 valence electrons. The number of aryl methyl sites for hydroxylation is 2. The van der Waals surface area contributed by atoms with Gasteiger partial charge in [0, 0.05) is 35.3 Å². The average molecular weight is 373 g/mol. The first-order valence-corrected chi connectivity index (χ1v) is 11.0. The molecule has 0 spiro atoms. The van der Waals surface area contributed by atoms with Gasteiger partial charge in [0.1, 0.15) is 0 Å². The summed E-state index contributed by atoms with van der Waals surface area (Å²) >= 11 is 1.51. The molecule has 0 unspecified atom stereocenters. The van der Waals surface area contributed by atoms with Gasteiger partial charge in [0.15, 0.2) is 0 Å². The zero-order chi connectivity index (χ0) is 17.7. The Kier molecular flexibility index (Phi) is 6.83. The standard InChI is InChI=1S/C17H28N2O3S2/c1-4-5-6-9-18-17(20)15-7-10-19(11-8-15)24(21,22)16-12-13(2)23-14(16)3/h12,15H,4-11H2,1-3H3,(H,18,20). The number of rotatable bonds is 7. The maximum Gasteiger partial charge on any atom is 0.244 e. The lowest BCUT2D eigenvalue weighted by molar-refractivity contribution is -0.126. The smallest absolute Gasteiger partial charge is 0.244 e. The van der Waals surface area contributed by atoms with Gasteiger partial charge in [-0.05, 0) is 39.2 Å². The van der Waals surface area contributed by atoms with Crippen LogP contribution in [0.5, 0.6) is 0 Å². The molecule has 24 heavy (non-hydrogen) atoms. The van der Waals surface area contributed by atoms with Crippen LogP contribution >= 0.6 is 11.3 Å². The number of sulfonamides is 1. The molecule has 1 aromatic rings. The highest BCUT2D eigenvalue weighted by Crippen LogP contribution is 2.30. The maximum atomic E-state index is 12.8. The minimum absolute atomic E-state index is 0.0663. The SMILES string of the molecule is CCCCCNC(=O)C1CCN(S(=O)(=O)c2cc(C)sc2C)CC1. The minimum atomic E-state index is -3.43. The second-order valence-corrected chi connectivity index (χ2v) is 9.82. The van der Waals surface area contributed by atoms with Crippen molar-refractivity contribution < 1.29 is 13.2 Å². The lowest BCUT2D eigenvalue weighted by atomic mass is 9.97. The molecule has 1 fully saturated rings. The van der Waals surface area contributed by atoms with E-state index in [9.17, 15) is 13.2 Å². The summed E-state index contributed by atoms with van der Waals surface area (Å²) in [5, 5.41) is 2.98. The number of nitrogens with one attached hydrogen (secondary N) is 1. The molecule has 0 radical (unpaired) electrons. The van der Waals surface area contributed by atoms with Crippen LogP contribution in [0.3, 0.4) is 0 Å². The van der Waals surface area contributed by atoms with Crippen LogP contribution in [-0.2, 0) is 14.8 Å². The Labute approximate surface area is 149 Å². The van der Waals surface area contributed by atoms with Crippen LogP contribution in [0.2, 0.25) is 0 Å². The van der Waals surface area contributed by atoms with Gasteiger partial charge in [-0.1, -0.05) is 19.8 Å². The normalized spacial score (nSPS) is 17.1. The second kappa shape index (κ2) is 8.45. The van der Waals surface area contributed by atoms with Crippen molar-refractivity contribution in [2.45, 2.75) is 57.8 Å². The fourth-order valence-corrected chi connectivity index (χ4v) is 6.09. The predicted octanol–water partition coefficient (Wildman–Crippen LogP) is 3.07. The number of carbonyl (C=O) groups excluding carboxylic acids is 1. The largest absolute Gasteiger partial charge is 0.356 e. The van der Waals surface area contributed by atoms with Crippen molar-refractivity contribution in [1.82, 2.24) is 9.62 Å². The van der Waals surface area contributed by atoms with E-state index in [4.69, 9.17) is 0 Å². The second-order valence-electron chi connectivity index (χ2n) is 6.45. The Morgan fingerprint density at radius 1 is 1.29 bits per heavy atom. The van der Waals surface area contributed by atoms with E-state index >= 15 is 0 Å². The highest BCUT2D eigenvalue weighted by atomic mass is 32.2. The quantitative estimate of drug-likeness (QED) is 0.748. The molecule has 1 aromatic heterocycles. The molecule has 1 aliphatic rings. The number of unbranched alkanes of at least 4 members (excludes halogenated alkanes) is 2. The highest BCUT2D eigenvalue weighted by molar-refractivity contribution is 7.89. The zero-order valence-corrected chi connectivity index (χ0v) is 16.4. The molecule has 2 heterocycles. The van der Waals surface area contributed by atoms with Crippen LogP contribution in [0.4, 0.5) is 0 Å². The van der Waals surface area contributed by atoms with E-state index in [0.29, 0.717) is 30.8 Å². The molecule has 0 atom stereocenters. The molecule has 0 bridgehead atoms. The van der Waals surface area contributed by atoms with Crippen molar-refractivity contribution in [1.29, 1.82) is 0 Å². The number of nitrogens with zero attached hydrogens (tertiary/aromatic N) is 1. The predicted molar refractivity (Wildman–Crippen MR) is 97.8 cm³/mol. The molecule has 7 heteroatoms. The number of amides is 1. The van der Waals surface area contributed by atoms with E-state index in [1.807, 2.05) is 13.8 Å². The number of carbonyl (C=O) groups is 1. The summed E-state index contributed by atoms with van der Waals surface area (Å²) in [4.78, 5) is 14.4. The van der Waals surface area contributed by atoms with Gasteiger partial charge in [0.05, 0.1) is 4.90 Å². The third kappa shape index (κ3) is 4.58. The van der Waals surface area contributed by atoms with Crippen LogP contribution in [0, 0.1) is 19.8 Å². The van der Waals surface area contributed by atoms with E-state index < -0.39 is 10.0 Å². The summed E-state index contributed by atoms with van der Waals surface area (Å²) in [6.07, 6.45) is 4.46. The van der Waals surface area contributed by atoms with Gasteiger partial charge in [-0.25, -0.2) is 8.42 Å². The van der Waals surface area contributed by atoms with E-state index in [0.717, 1.165) is 35.6 Å². The number of thiophene rings is 1. The Hall–Kier alpha value is -0.920. The van der Waals surface area contributed by atoms with Crippen molar-refractivity contribution in [3.8, 4) is 0 Å². The number of hydrogen-bond donors (Lipinski definition) is 1. The Morgan fingerprint density at radius 2 is 1.96 bits per heavy atom. The fraction of sp³-hybridized carbons (Fsp3) is 0.706. The Balaban J connectivity index is 1.90. The van der Waals surface area contributed by atoms with E-state index in [1.54, 1.807) is 6.07 Å². The van der Waals surface area contributed by atoms with E-state index in [-0.39, 0.29) is 11.8 Å². The molecule has 1 amide bonds. The zero-order valence-electron chi connectivity index (χ0n) is 14.8. The van der Waals surface area contributed by atoms with Crippen LogP contribution in [-0.4, -0.2) is 38.3 Å². The van der Waals surface area contributed by atoms with Crippen molar-refractivity contribution in [2.75, 3.05) is 19.6 Å². The first kappa shape index (κ1) is 19.4. The molecular weight excluding hydrogens is 344 g/mol. The summed E-state index contributed by atoms with van der Waals surface area (Å²) in [5.74, 6) is 0.00842. The van der Waals surface area contributed by atoms with Gasteiger partial charge in [-0.15, -0.1) is 11.3 Å². The monoisotopic (exact) mass is 372 g/mol. The molecule has 5 nitrogen and oxygen atoms in total. The molecule has 1 N–H and O–H groups in total. The van der Waals surface area contributed by atoms with Gasteiger partial charge in [-0.3, -0.25) is 4.79 Å². The lowest BCUT2D eigenvalue weighted by Crippen LogP contribution is -2.43. The Bertz CT molecular complexity index is 659. The van der Waals surface area contributed by atoms with Gasteiger partial charge in [0.25, 0.3) is 0 Å². The molecule has 0 aliphatic carbocycles. The van der Waals surface area contributed by atoms with Gasteiger partial charge >= 0.3 is 0 Å². The van der Waals surface area contributed by atoms with Crippen LogP contribution in [0.1, 0.15) is 48.8 Å². The van der Waals surface area contributed by atoms with Crippen molar-refractivity contribution in [3.05, 3.63) is 15.8 Å². The number of piperidine rings is 1. The van der Waals surface area contributed by atoms with Crippen LogP contribution in [0.25, 0.3) is 0 Å². The molecule has 1 saturated heterocycles. The third-order valence-electron chi connectivity index (χ3n) is 4.52. The topological polar surface area (TPSA) is 66.5 Å². The van der Waals surface area contributed by atoms with E-state index in [1.165, 1.54) is 15.6 Å². The molecule has 0 aromatic carbocycles. The van der Waals surface area contributed by atoms with E-state index in [2.05, 4.69) is 12.2 Å². The van der Waals surface area contributed by atoms with Crippen molar-refractivity contribution in [3.63, 3.8) is 0 Å². The Morgan fingerprint density at radius 3 is 2.50 bits per heavy atom. The van der Waals surface area contributed by atoms with Crippen LogP contribution < -0.4 is 5.32 Å². The molecule has 0 saturated carbocycles. The maximum absolute atomic E-state index is 12.8. The molecule has 2 rings (SSSR count). The summed E-state index contributed by atoms with van der Waals surface area (Å²) in [6.45, 7) is 7.47. The first-order chi connectivity index (χ1) is 11.4. The summed E-state index contributed by atoms with van der Waals surface area (Å²) in [7, 11) is -3.43. The average Bonchev–Trinajstić information content (AvgIpc) is 2.91. The summed E-state index contributed by atoms with van der Waals surface area (Å²) in [5.41, 5.74) is 0.